The molecule has 0 aromatic rings. The molecule has 2 nitrogen and oxygen atoms in total. The third-order valence-corrected chi connectivity index (χ3v) is 6.11. The Morgan fingerprint density at radius 3 is 2.42 bits per heavy atom. The molecule has 1 N–H and O–H groups in total. The van der Waals surface area contributed by atoms with Crippen LogP contribution in [0, 0.1) is 11.3 Å². The molecule has 19 heavy (non-hydrogen) atoms. The smallest absolute Gasteiger partial charge is 0.0124 e. The van der Waals surface area contributed by atoms with E-state index in [0.29, 0.717) is 5.41 Å². The van der Waals surface area contributed by atoms with Crippen molar-refractivity contribution >= 4 is 0 Å². The SMILES string of the molecule is CNCC1(CN2CCCC2C2CCCC2)CCCC1. The van der Waals surface area contributed by atoms with Crippen molar-refractivity contribution in [2.75, 3.05) is 26.7 Å². The van der Waals surface area contributed by atoms with E-state index in [1.165, 1.54) is 83.8 Å². The van der Waals surface area contributed by atoms with Gasteiger partial charge >= 0.3 is 0 Å². The van der Waals surface area contributed by atoms with E-state index in [1.807, 2.05) is 0 Å². The minimum atomic E-state index is 0.607. The van der Waals surface area contributed by atoms with Crippen LogP contribution in [0.5, 0.6) is 0 Å². The Morgan fingerprint density at radius 1 is 1.00 bits per heavy atom. The Kier molecular flexibility index (Phi) is 4.48. The second-order valence-electron chi connectivity index (χ2n) is 7.46. The standard InChI is InChI=1S/C17H32N2/c1-18-13-17(10-4-5-11-17)14-19-12-6-9-16(19)15-7-2-3-8-15/h15-16,18H,2-14H2,1H3. The number of nitrogens with one attached hydrogen (secondary N) is 1. The fraction of sp³-hybridized carbons (Fsp3) is 1.00. The van der Waals surface area contributed by atoms with Gasteiger partial charge < -0.3 is 5.32 Å². The molecule has 1 heterocycles. The Morgan fingerprint density at radius 2 is 1.74 bits per heavy atom. The predicted molar refractivity (Wildman–Crippen MR) is 81.4 cm³/mol. The molecule has 0 amide bonds. The van der Waals surface area contributed by atoms with Gasteiger partial charge in [-0.2, -0.15) is 0 Å². The lowest BCUT2D eigenvalue weighted by molar-refractivity contribution is 0.112. The van der Waals surface area contributed by atoms with Crippen molar-refractivity contribution in [2.45, 2.75) is 70.3 Å². The van der Waals surface area contributed by atoms with Gasteiger partial charge in [-0.15, -0.1) is 0 Å². The molecular weight excluding hydrogens is 232 g/mol. The molecule has 110 valence electrons. The molecule has 0 aromatic carbocycles. The van der Waals surface area contributed by atoms with E-state index in [4.69, 9.17) is 0 Å². The lowest BCUT2D eigenvalue weighted by Crippen LogP contribution is -2.45. The number of hydrogen-bond acceptors (Lipinski definition) is 2. The van der Waals surface area contributed by atoms with Gasteiger partial charge in [-0.25, -0.2) is 0 Å². The Bertz CT molecular complexity index is 277. The summed E-state index contributed by atoms with van der Waals surface area (Å²) in [5.41, 5.74) is 0.607. The Labute approximate surface area is 119 Å². The van der Waals surface area contributed by atoms with Crippen LogP contribution in [0.3, 0.4) is 0 Å². The van der Waals surface area contributed by atoms with E-state index < -0.39 is 0 Å². The lowest BCUT2D eigenvalue weighted by atomic mass is 9.84. The van der Waals surface area contributed by atoms with Gasteiger partial charge in [0.25, 0.3) is 0 Å². The summed E-state index contributed by atoms with van der Waals surface area (Å²) in [6.07, 6.45) is 14.8. The van der Waals surface area contributed by atoms with Crippen molar-refractivity contribution in [1.29, 1.82) is 0 Å². The summed E-state index contributed by atoms with van der Waals surface area (Å²) >= 11 is 0. The molecule has 1 saturated heterocycles. The fourth-order valence-electron chi connectivity index (χ4n) is 5.25. The van der Waals surface area contributed by atoms with Gasteiger partial charge in [-0.3, -0.25) is 4.90 Å². The monoisotopic (exact) mass is 264 g/mol. The zero-order valence-corrected chi connectivity index (χ0v) is 12.8. The predicted octanol–water partition coefficient (Wildman–Crippen LogP) is 3.42. The van der Waals surface area contributed by atoms with Gasteiger partial charge in [0.2, 0.25) is 0 Å². The number of hydrogen-bond donors (Lipinski definition) is 1. The van der Waals surface area contributed by atoms with E-state index in [-0.39, 0.29) is 0 Å². The highest BCUT2D eigenvalue weighted by atomic mass is 15.2. The van der Waals surface area contributed by atoms with Crippen molar-refractivity contribution in [3.8, 4) is 0 Å². The van der Waals surface area contributed by atoms with E-state index in [0.717, 1.165) is 12.0 Å². The van der Waals surface area contributed by atoms with Crippen molar-refractivity contribution in [3.63, 3.8) is 0 Å². The molecule has 1 aliphatic heterocycles. The van der Waals surface area contributed by atoms with Crippen LogP contribution in [0.15, 0.2) is 0 Å². The number of rotatable bonds is 5. The molecule has 2 saturated carbocycles. The van der Waals surface area contributed by atoms with Crippen LogP contribution in [0.2, 0.25) is 0 Å². The molecule has 3 aliphatic rings. The minimum Gasteiger partial charge on any atom is -0.319 e. The molecule has 2 aliphatic carbocycles. The summed E-state index contributed by atoms with van der Waals surface area (Å²) in [6, 6.07) is 0.942. The quantitative estimate of drug-likeness (QED) is 0.818. The summed E-state index contributed by atoms with van der Waals surface area (Å²) in [7, 11) is 2.14. The van der Waals surface area contributed by atoms with Gasteiger partial charge in [0.05, 0.1) is 0 Å². The van der Waals surface area contributed by atoms with E-state index in [9.17, 15) is 0 Å². The second-order valence-corrected chi connectivity index (χ2v) is 7.46. The van der Waals surface area contributed by atoms with Crippen LogP contribution in [0.25, 0.3) is 0 Å². The molecule has 3 rings (SSSR count). The van der Waals surface area contributed by atoms with Crippen molar-refractivity contribution in [1.82, 2.24) is 10.2 Å². The first-order valence-electron chi connectivity index (χ1n) is 8.72. The van der Waals surface area contributed by atoms with Crippen molar-refractivity contribution in [3.05, 3.63) is 0 Å². The third-order valence-electron chi connectivity index (χ3n) is 6.11. The first-order valence-corrected chi connectivity index (χ1v) is 8.72. The highest BCUT2D eigenvalue weighted by molar-refractivity contribution is 4.94. The van der Waals surface area contributed by atoms with E-state index in [1.54, 1.807) is 0 Å². The maximum Gasteiger partial charge on any atom is 0.0124 e. The van der Waals surface area contributed by atoms with Crippen molar-refractivity contribution in [2.24, 2.45) is 11.3 Å². The first-order chi connectivity index (χ1) is 9.33. The lowest BCUT2D eigenvalue weighted by Gasteiger charge is -2.38. The zero-order chi connectivity index (χ0) is 13.1. The average molecular weight is 264 g/mol. The molecule has 1 unspecified atom stereocenters. The van der Waals surface area contributed by atoms with Gasteiger partial charge in [0.15, 0.2) is 0 Å². The van der Waals surface area contributed by atoms with Crippen LogP contribution in [0.1, 0.15) is 64.2 Å². The zero-order valence-electron chi connectivity index (χ0n) is 12.8. The Hall–Kier alpha value is -0.0800. The van der Waals surface area contributed by atoms with Crippen LogP contribution in [0.4, 0.5) is 0 Å². The van der Waals surface area contributed by atoms with E-state index >= 15 is 0 Å². The fourth-order valence-corrected chi connectivity index (χ4v) is 5.25. The molecule has 0 aromatic heterocycles. The van der Waals surface area contributed by atoms with Crippen molar-refractivity contribution < 1.29 is 0 Å². The largest absolute Gasteiger partial charge is 0.319 e. The maximum absolute atomic E-state index is 3.48. The first kappa shape index (κ1) is 13.9. The topological polar surface area (TPSA) is 15.3 Å². The highest BCUT2D eigenvalue weighted by Crippen LogP contribution is 2.42. The summed E-state index contributed by atoms with van der Waals surface area (Å²) in [4.78, 5) is 2.90. The molecule has 1 atom stereocenters. The van der Waals surface area contributed by atoms with Gasteiger partial charge in [-0.05, 0) is 63.5 Å². The summed E-state index contributed by atoms with van der Waals surface area (Å²) in [6.45, 7) is 4.00. The average Bonchev–Trinajstić information content (AvgIpc) is 3.10. The number of nitrogens with zero attached hydrogens (tertiary/aromatic N) is 1. The van der Waals surface area contributed by atoms with Crippen LogP contribution in [-0.2, 0) is 0 Å². The molecule has 0 spiro atoms. The molecule has 2 heteroatoms. The van der Waals surface area contributed by atoms with Gasteiger partial charge in [-0.1, -0.05) is 25.7 Å². The second kappa shape index (κ2) is 6.13. The Balaban J connectivity index is 1.63. The summed E-state index contributed by atoms with van der Waals surface area (Å²) < 4.78 is 0. The van der Waals surface area contributed by atoms with Crippen LogP contribution < -0.4 is 5.32 Å². The maximum atomic E-state index is 3.48. The summed E-state index contributed by atoms with van der Waals surface area (Å²) in [5, 5.41) is 3.48. The number of likely N-dealkylation sites (tertiary alicyclic amines) is 1. The molecule has 0 radical (unpaired) electrons. The highest BCUT2D eigenvalue weighted by Gasteiger charge is 2.40. The molecule has 0 bridgehead atoms. The van der Waals surface area contributed by atoms with Crippen LogP contribution in [-0.4, -0.2) is 37.6 Å². The van der Waals surface area contributed by atoms with Gasteiger partial charge in [0.1, 0.15) is 0 Å². The van der Waals surface area contributed by atoms with Gasteiger partial charge in [0, 0.05) is 19.1 Å². The molecular formula is C17H32N2. The van der Waals surface area contributed by atoms with Crippen LogP contribution >= 0.6 is 0 Å². The van der Waals surface area contributed by atoms with E-state index in [2.05, 4.69) is 17.3 Å². The summed E-state index contributed by atoms with van der Waals surface area (Å²) in [5.74, 6) is 1.04. The normalized spacial score (nSPS) is 32.4. The molecule has 3 fully saturated rings. The third kappa shape index (κ3) is 3.00. The minimum absolute atomic E-state index is 0.607.